The van der Waals surface area contributed by atoms with Crippen molar-refractivity contribution in [2.45, 2.75) is 11.5 Å². The highest BCUT2D eigenvalue weighted by atomic mass is 32.2. The minimum absolute atomic E-state index is 0.0319. The molecule has 0 N–H and O–H groups in total. The summed E-state index contributed by atoms with van der Waals surface area (Å²) >= 11 is 3.08. The fourth-order valence-electron chi connectivity index (χ4n) is 2.11. The van der Waals surface area contributed by atoms with E-state index in [1.54, 1.807) is 11.3 Å². The van der Waals surface area contributed by atoms with Crippen molar-refractivity contribution in [1.82, 2.24) is 9.29 Å². The zero-order valence-corrected chi connectivity index (χ0v) is 16.5. The minimum Gasteiger partial charge on any atom is -0.456 e. The van der Waals surface area contributed by atoms with Gasteiger partial charge in [0.1, 0.15) is 11.6 Å². The normalized spacial score (nSPS) is 11.7. The predicted octanol–water partition coefficient (Wildman–Crippen LogP) is 3.48. The Balaban J connectivity index is 1.69. The van der Waals surface area contributed by atoms with Gasteiger partial charge >= 0.3 is 5.97 Å². The van der Waals surface area contributed by atoms with Crippen LogP contribution in [-0.2, 0) is 21.4 Å². The lowest BCUT2D eigenvalue weighted by Crippen LogP contribution is -2.22. The van der Waals surface area contributed by atoms with Gasteiger partial charge in [-0.15, -0.1) is 11.3 Å². The average Bonchev–Trinajstić information content (AvgIpc) is 3.31. The predicted molar refractivity (Wildman–Crippen MR) is 102 cm³/mol. The summed E-state index contributed by atoms with van der Waals surface area (Å²) in [5.41, 5.74) is 1.88. The maximum atomic E-state index is 12.2. The summed E-state index contributed by atoms with van der Waals surface area (Å²) in [7, 11) is -0.730. The standard InChI is InChI=1S/C17H16N2O4S3/c1-19(2)26(21,22)15-5-3-4-12(8-15)17(20)23-9-14-11-25-16(18-14)13-6-7-24-10-13/h3-8,10-11H,9H2,1-2H3. The molecule has 0 aliphatic heterocycles. The molecule has 0 bridgehead atoms. The van der Waals surface area contributed by atoms with Crippen LogP contribution in [0, 0.1) is 0 Å². The number of ether oxygens (including phenoxy) is 1. The van der Waals surface area contributed by atoms with Crippen molar-refractivity contribution in [2.75, 3.05) is 14.1 Å². The van der Waals surface area contributed by atoms with Gasteiger partial charge in [0.2, 0.25) is 10.0 Å². The molecule has 0 unspecified atom stereocenters. The second-order valence-electron chi connectivity index (χ2n) is 5.55. The second kappa shape index (κ2) is 7.67. The highest BCUT2D eigenvalue weighted by molar-refractivity contribution is 7.89. The van der Waals surface area contributed by atoms with Gasteiger partial charge in [-0.1, -0.05) is 6.07 Å². The van der Waals surface area contributed by atoms with Crippen molar-refractivity contribution in [3.8, 4) is 10.6 Å². The molecule has 2 aromatic heterocycles. The molecule has 1 aromatic carbocycles. The third kappa shape index (κ3) is 4.01. The molecule has 26 heavy (non-hydrogen) atoms. The lowest BCUT2D eigenvalue weighted by molar-refractivity contribution is 0.0468. The summed E-state index contributed by atoms with van der Waals surface area (Å²) < 4.78 is 30.7. The number of aromatic nitrogens is 1. The van der Waals surface area contributed by atoms with Gasteiger partial charge in [-0.2, -0.15) is 11.3 Å². The lowest BCUT2D eigenvalue weighted by Gasteiger charge is -2.12. The molecule has 0 saturated heterocycles. The van der Waals surface area contributed by atoms with Crippen LogP contribution in [0.15, 0.2) is 51.4 Å². The summed E-state index contributed by atoms with van der Waals surface area (Å²) in [6.45, 7) is 0.0319. The Hall–Kier alpha value is -2.07. The van der Waals surface area contributed by atoms with Gasteiger partial charge in [0.25, 0.3) is 0 Å². The third-order valence-electron chi connectivity index (χ3n) is 3.52. The Labute approximate surface area is 159 Å². The van der Waals surface area contributed by atoms with E-state index in [-0.39, 0.29) is 17.1 Å². The molecule has 6 nitrogen and oxygen atoms in total. The van der Waals surface area contributed by atoms with Crippen LogP contribution in [0.3, 0.4) is 0 Å². The average molecular weight is 409 g/mol. The molecule has 3 aromatic rings. The second-order valence-corrected chi connectivity index (χ2v) is 9.34. The van der Waals surface area contributed by atoms with E-state index in [2.05, 4.69) is 4.98 Å². The molecule has 0 saturated carbocycles. The number of benzene rings is 1. The Morgan fingerprint density at radius 1 is 1.23 bits per heavy atom. The number of hydrogen-bond donors (Lipinski definition) is 0. The monoisotopic (exact) mass is 408 g/mol. The number of nitrogens with zero attached hydrogens (tertiary/aromatic N) is 2. The van der Waals surface area contributed by atoms with Crippen molar-refractivity contribution >= 4 is 38.7 Å². The Kier molecular flexibility index (Phi) is 5.52. The zero-order valence-electron chi connectivity index (χ0n) is 14.1. The van der Waals surface area contributed by atoms with Gasteiger partial charge in [0.05, 0.1) is 16.2 Å². The number of carbonyl (C=O) groups excluding carboxylic acids is 1. The minimum atomic E-state index is -3.61. The summed E-state index contributed by atoms with van der Waals surface area (Å²) in [5.74, 6) is -0.592. The Bertz CT molecular complexity index is 1010. The Morgan fingerprint density at radius 3 is 2.73 bits per heavy atom. The van der Waals surface area contributed by atoms with Crippen LogP contribution >= 0.6 is 22.7 Å². The van der Waals surface area contributed by atoms with Gasteiger partial charge in [-0.05, 0) is 29.6 Å². The Morgan fingerprint density at radius 2 is 2.04 bits per heavy atom. The first kappa shape index (κ1) is 18.7. The fraction of sp³-hybridized carbons (Fsp3) is 0.176. The van der Waals surface area contributed by atoms with Crippen molar-refractivity contribution in [3.63, 3.8) is 0 Å². The number of esters is 1. The molecular formula is C17H16N2O4S3. The summed E-state index contributed by atoms with van der Waals surface area (Å²) in [4.78, 5) is 16.7. The van der Waals surface area contributed by atoms with Gasteiger partial charge < -0.3 is 4.74 Å². The highest BCUT2D eigenvalue weighted by Crippen LogP contribution is 2.26. The smallest absolute Gasteiger partial charge is 0.338 e. The number of rotatable bonds is 6. The van der Waals surface area contributed by atoms with Crippen LogP contribution in [0.5, 0.6) is 0 Å². The van der Waals surface area contributed by atoms with E-state index in [0.29, 0.717) is 5.69 Å². The van der Waals surface area contributed by atoms with Crippen LogP contribution in [-0.4, -0.2) is 37.8 Å². The van der Waals surface area contributed by atoms with E-state index in [4.69, 9.17) is 4.74 Å². The molecule has 0 amide bonds. The molecule has 0 aliphatic carbocycles. The van der Waals surface area contributed by atoms with Gasteiger partial charge in [0, 0.05) is 30.4 Å². The molecule has 2 heterocycles. The SMILES string of the molecule is CN(C)S(=O)(=O)c1cccc(C(=O)OCc2csc(-c3ccsc3)n2)c1. The van der Waals surface area contributed by atoms with E-state index in [9.17, 15) is 13.2 Å². The van der Waals surface area contributed by atoms with Crippen molar-refractivity contribution in [1.29, 1.82) is 0 Å². The molecule has 3 rings (SSSR count). The van der Waals surface area contributed by atoms with Crippen LogP contribution < -0.4 is 0 Å². The maximum Gasteiger partial charge on any atom is 0.338 e. The quantitative estimate of drug-likeness (QED) is 0.584. The van der Waals surface area contributed by atoms with E-state index in [1.807, 2.05) is 22.2 Å². The van der Waals surface area contributed by atoms with Gasteiger partial charge in [0.15, 0.2) is 0 Å². The van der Waals surface area contributed by atoms with Crippen LogP contribution in [0.4, 0.5) is 0 Å². The van der Waals surface area contributed by atoms with Crippen LogP contribution in [0.2, 0.25) is 0 Å². The van der Waals surface area contributed by atoms with E-state index in [0.717, 1.165) is 14.9 Å². The summed E-state index contributed by atoms with van der Waals surface area (Å²) in [6.07, 6.45) is 0. The molecule has 136 valence electrons. The number of sulfonamides is 1. The zero-order chi connectivity index (χ0) is 18.7. The van der Waals surface area contributed by atoms with Crippen LogP contribution in [0.1, 0.15) is 16.1 Å². The largest absolute Gasteiger partial charge is 0.456 e. The number of hydrogen-bond acceptors (Lipinski definition) is 7. The first-order valence-corrected chi connectivity index (χ1v) is 10.8. The molecule has 9 heteroatoms. The van der Waals surface area contributed by atoms with E-state index < -0.39 is 16.0 Å². The van der Waals surface area contributed by atoms with E-state index in [1.165, 1.54) is 49.7 Å². The number of thiophene rings is 1. The number of thiazole rings is 1. The third-order valence-corrected chi connectivity index (χ3v) is 6.95. The van der Waals surface area contributed by atoms with Crippen molar-refractivity contribution in [3.05, 3.63) is 57.7 Å². The van der Waals surface area contributed by atoms with Gasteiger partial charge in [-0.3, -0.25) is 0 Å². The summed E-state index contributed by atoms with van der Waals surface area (Å²) in [5, 5.41) is 6.69. The van der Waals surface area contributed by atoms with Crippen LogP contribution in [0.25, 0.3) is 10.6 Å². The molecule has 0 fully saturated rings. The number of carbonyl (C=O) groups is 1. The molecular weight excluding hydrogens is 392 g/mol. The van der Waals surface area contributed by atoms with Crippen molar-refractivity contribution < 1.29 is 17.9 Å². The molecule has 0 aliphatic rings. The molecule has 0 atom stereocenters. The molecule has 0 radical (unpaired) electrons. The topological polar surface area (TPSA) is 76.6 Å². The van der Waals surface area contributed by atoms with Gasteiger partial charge in [-0.25, -0.2) is 22.5 Å². The first-order valence-electron chi connectivity index (χ1n) is 7.54. The lowest BCUT2D eigenvalue weighted by atomic mass is 10.2. The highest BCUT2D eigenvalue weighted by Gasteiger charge is 2.19. The summed E-state index contributed by atoms with van der Waals surface area (Å²) in [6, 6.07) is 7.78. The molecule has 0 spiro atoms. The first-order chi connectivity index (χ1) is 12.4. The fourth-order valence-corrected chi connectivity index (χ4v) is 4.57. The maximum absolute atomic E-state index is 12.2. The van der Waals surface area contributed by atoms with E-state index >= 15 is 0 Å². The van der Waals surface area contributed by atoms with Crippen molar-refractivity contribution in [2.24, 2.45) is 0 Å².